The second kappa shape index (κ2) is 10.5. The fraction of sp³-hybridized carbons (Fsp3) is 0.296. The molecule has 7 nitrogen and oxygen atoms in total. The van der Waals surface area contributed by atoms with Gasteiger partial charge in [-0.05, 0) is 54.8 Å². The number of benzene rings is 3. The smallest absolute Gasteiger partial charge is 0.272 e. The van der Waals surface area contributed by atoms with Crippen LogP contribution in [0, 0.1) is 24.0 Å². The third-order valence-corrected chi connectivity index (χ3v) is 6.26. The molecule has 3 aromatic rings. The summed E-state index contributed by atoms with van der Waals surface area (Å²) in [7, 11) is 0. The Bertz CT molecular complexity index is 1190. The Labute approximate surface area is 199 Å². The summed E-state index contributed by atoms with van der Waals surface area (Å²) in [6.07, 6.45) is 0. The SMILES string of the molecule is Cc1ccccc1CN1CCN(C(=O)c2cccc(COc3ccc([N+](=O)[O-])c(C)c3)c2)CC1. The molecule has 1 aliphatic rings. The molecule has 0 aromatic heterocycles. The zero-order valence-electron chi connectivity index (χ0n) is 19.6. The maximum absolute atomic E-state index is 13.1. The van der Waals surface area contributed by atoms with Gasteiger partial charge in [0.1, 0.15) is 12.4 Å². The van der Waals surface area contributed by atoms with Gasteiger partial charge in [-0.1, -0.05) is 36.4 Å². The summed E-state index contributed by atoms with van der Waals surface area (Å²) in [5, 5.41) is 11.0. The molecular formula is C27H29N3O4. The quantitative estimate of drug-likeness (QED) is 0.377. The fourth-order valence-corrected chi connectivity index (χ4v) is 4.20. The predicted molar refractivity (Wildman–Crippen MR) is 131 cm³/mol. The second-order valence-electron chi connectivity index (χ2n) is 8.69. The van der Waals surface area contributed by atoms with Gasteiger partial charge in [-0.25, -0.2) is 0 Å². The van der Waals surface area contributed by atoms with Gasteiger partial charge in [-0.15, -0.1) is 0 Å². The van der Waals surface area contributed by atoms with Crippen molar-refractivity contribution in [3.05, 3.63) is 105 Å². The first-order valence-corrected chi connectivity index (χ1v) is 11.4. The van der Waals surface area contributed by atoms with Crippen LogP contribution in [0.15, 0.2) is 66.7 Å². The number of nitro groups is 1. The number of carbonyl (C=O) groups excluding carboxylic acids is 1. The molecule has 0 spiro atoms. The van der Waals surface area contributed by atoms with Gasteiger partial charge in [0.2, 0.25) is 0 Å². The fourth-order valence-electron chi connectivity index (χ4n) is 4.20. The number of carbonyl (C=O) groups is 1. The van der Waals surface area contributed by atoms with Crippen molar-refractivity contribution in [3.63, 3.8) is 0 Å². The van der Waals surface area contributed by atoms with E-state index in [1.165, 1.54) is 17.2 Å². The second-order valence-corrected chi connectivity index (χ2v) is 8.69. The number of hydrogen-bond donors (Lipinski definition) is 0. The number of nitrogens with zero attached hydrogens (tertiary/aromatic N) is 3. The van der Waals surface area contributed by atoms with Gasteiger partial charge >= 0.3 is 0 Å². The van der Waals surface area contributed by atoms with Gasteiger partial charge in [-0.2, -0.15) is 0 Å². The van der Waals surface area contributed by atoms with Crippen molar-refractivity contribution >= 4 is 11.6 Å². The molecule has 0 aliphatic carbocycles. The highest BCUT2D eigenvalue weighted by molar-refractivity contribution is 5.94. The van der Waals surface area contributed by atoms with Crippen molar-refractivity contribution in [3.8, 4) is 5.75 Å². The molecule has 1 amide bonds. The van der Waals surface area contributed by atoms with E-state index in [9.17, 15) is 14.9 Å². The number of nitro benzene ring substituents is 1. The Kier molecular flexibility index (Phi) is 7.23. The van der Waals surface area contributed by atoms with Crippen molar-refractivity contribution in [2.75, 3.05) is 26.2 Å². The number of aryl methyl sites for hydroxylation is 2. The van der Waals surface area contributed by atoms with Crippen LogP contribution in [-0.2, 0) is 13.2 Å². The van der Waals surface area contributed by atoms with Crippen LogP contribution in [0.2, 0.25) is 0 Å². The van der Waals surface area contributed by atoms with E-state index < -0.39 is 4.92 Å². The predicted octanol–water partition coefficient (Wildman–Crippen LogP) is 4.75. The first kappa shape index (κ1) is 23.4. The maximum atomic E-state index is 13.1. The molecule has 0 N–H and O–H groups in total. The van der Waals surface area contributed by atoms with Gasteiger partial charge in [0.25, 0.3) is 11.6 Å². The molecule has 7 heteroatoms. The zero-order valence-corrected chi connectivity index (χ0v) is 19.6. The first-order valence-electron chi connectivity index (χ1n) is 11.4. The average Bonchev–Trinajstić information content (AvgIpc) is 2.84. The van der Waals surface area contributed by atoms with E-state index in [1.807, 2.05) is 29.2 Å². The van der Waals surface area contributed by atoms with Crippen molar-refractivity contribution in [1.82, 2.24) is 9.80 Å². The minimum absolute atomic E-state index is 0.0311. The first-order chi connectivity index (χ1) is 16.4. The maximum Gasteiger partial charge on any atom is 0.272 e. The van der Waals surface area contributed by atoms with Gasteiger partial charge in [0, 0.05) is 49.9 Å². The summed E-state index contributed by atoms with van der Waals surface area (Å²) in [4.78, 5) is 28.0. The number of hydrogen-bond acceptors (Lipinski definition) is 5. The van der Waals surface area contributed by atoms with Crippen molar-refractivity contribution in [2.45, 2.75) is 27.0 Å². The third-order valence-electron chi connectivity index (χ3n) is 6.26. The number of piperazine rings is 1. The molecule has 34 heavy (non-hydrogen) atoms. The Morgan fingerprint density at radius 3 is 2.41 bits per heavy atom. The molecule has 0 radical (unpaired) electrons. The molecule has 1 aliphatic heterocycles. The molecule has 176 valence electrons. The van der Waals surface area contributed by atoms with Crippen LogP contribution >= 0.6 is 0 Å². The van der Waals surface area contributed by atoms with Gasteiger partial charge in [0.15, 0.2) is 0 Å². The van der Waals surface area contributed by atoms with Crippen molar-refractivity contribution < 1.29 is 14.5 Å². The zero-order chi connectivity index (χ0) is 24.1. The summed E-state index contributed by atoms with van der Waals surface area (Å²) in [6, 6.07) is 20.6. The lowest BCUT2D eigenvalue weighted by Gasteiger charge is -2.35. The van der Waals surface area contributed by atoms with Crippen LogP contribution in [0.4, 0.5) is 5.69 Å². The lowest BCUT2D eigenvalue weighted by atomic mass is 10.1. The van der Waals surface area contributed by atoms with Crippen LogP contribution < -0.4 is 4.74 Å². The topological polar surface area (TPSA) is 75.9 Å². The van der Waals surface area contributed by atoms with Crippen LogP contribution in [0.1, 0.15) is 32.6 Å². The summed E-state index contributed by atoms with van der Waals surface area (Å²) < 4.78 is 5.81. The van der Waals surface area contributed by atoms with E-state index in [1.54, 1.807) is 19.1 Å². The minimum Gasteiger partial charge on any atom is -0.489 e. The Morgan fingerprint density at radius 2 is 1.71 bits per heavy atom. The monoisotopic (exact) mass is 459 g/mol. The van der Waals surface area contributed by atoms with E-state index in [0.717, 1.165) is 25.2 Å². The molecule has 1 fully saturated rings. The molecule has 0 saturated carbocycles. The highest BCUT2D eigenvalue weighted by Crippen LogP contribution is 2.24. The molecule has 0 bridgehead atoms. The van der Waals surface area contributed by atoms with Crippen molar-refractivity contribution in [1.29, 1.82) is 0 Å². The molecule has 3 aromatic carbocycles. The summed E-state index contributed by atoms with van der Waals surface area (Å²) in [5.74, 6) is 0.591. The third kappa shape index (κ3) is 5.61. The molecule has 0 unspecified atom stereocenters. The summed E-state index contributed by atoms with van der Waals surface area (Å²) >= 11 is 0. The molecule has 1 saturated heterocycles. The summed E-state index contributed by atoms with van der Waals surface area (Å²) in [6.45, 7) is 8.11. The normalized spacial score (nSPS) is 14.1. The Hall–Kier alpha value is -3.71. The molecule has 1 heterocycles. The van der Waals surface area contributed by atoms with Crippen molar-refractivity contribution in [2.24, 2.45) is 0 Å². The lowest BCUT2D eigenvalue weighted by molar-refractivity contribution is -0.385. The molecular weight excluding hydrogens is 430 g/mol. The largest absolute Gasteiger partial charge is 0.489 e. The van der Waals surface area contributed by atoms with Gasteiger partial charge in [0.05, 0.1) is 4.92 Å². The highest BCUT2D eigenvalue weighted by Gasteiger charge is 2.22. The average molecular weight is 460 g/mol. The lowest BCUT2D eigenvalue weighted by Crippen LogP contribution is -2.48. The Morgan fingerprint density at radius 1 is 0.941 bits per heavy atom. The molecule has 4 rings (SSSR count). The van der Waals surface area contributed by atoms with E-state index in [-0.39, 0.29) is 18.2 Å². The molecule has 0 atom stereocenters. The number of ether oxygens (including phenoxy) is 1. The number of rotatable bonds is 7. The van der Waals surface area contributed by atoms with Crippen LogP contribution in [0.25, 0.3) is 0 Å². The summed E-state index contributed by atoms with van der Waals surface area (Å²) in [5.41, 5.74) is 4.77. The number of amides is 1. The van der Waals surface area contributed by atoms with E-state index in [0.29, 0.717) is 30.0 Å². The van der Waals surface area contributed by atoms with Crippen LogP contribution in [0.3, 0.4) is 0 Å². The van der Waals surface area contributed by atoms with E-state index >= 15 is 0 Å². The van der Waals surface area contributed by atoms with Gasteiger partial charge < -0.3 is 9.64 Å². The van der Waals surface area contributed by atoms with Crippen LogP contribution in [0.5, 0.6) is 5.75 Å². The van der Waals surface area contributed by atoms with E-state index in [4.69, 9.17) is 4.74 Å². The van der Waals surface area contributed by atoms with E-state index in [2.05, 4.69) is 36.1 Å². The van der Waals surface area contributed by atoms with Gasteiger partial charge in [-0.3, -0.25) is 19.8 Å². The minimum atomic E-state index is -0.406. The Balaban J connectivity index is 1.33. The van der Waals surface area contributed by atoms with Crippen LogP contribution in [-0.4, -0.2) is 46.8 Å². The standard InChI is InChI=1S/C27H29N3O4/c1-20-6-3-4-8-24(20)18-28-12-14-29(15-13-28)27(31)23-9-5-7-22(17-23)19-34-25-10-11-26(30(32)33)21(2)16-25/h3-11,16-17H,12-15,18-19H2,1-2H3. The highest BCUT2D eigenvalue weighted by atomic mass is 16.6.